The van der Waals surface area contributed by atoms with E-state index in [4.69, 9.17) is 22.1 Å². The van der Waals surface area contributed by atoms with Gasteiger partial charge in [0.1, 0.15) is 24.1 Å². The van der Waals surface area contributed by atoms with Gasteiger partial charge in [0.05, 0.1) is 10.0 Å². The molecular weight excluding hydrogens is 294 g/mol. The van der Waals surface area contributed by atoms with Gasteiger partial charge in [-0.2, -0.15) is 13.2 Å². The quantitative estimate of drug-likeness (QED) is 0.684. The van der Waals surface area contributed by atoms with Crippen LogP contribution in [0.4, 0.5) is 17.6 Å². The maximum atomic E-state index is 13.0. The van der Waals surface area contributed by atoms with Gasteiger partial charge in [0.25, 0.3) is 0 Å². The minimum Gasteiger partial charge on any atom is -0.492 e. The van der Waals surface area contributed by atoms with Crippen LogP contribution < -0.4 is 10.5 Å². The average Bonchev–Trinajstić information content (AvgIpc) is 2.21. The summed E-state index contributed by atoms with van der Waals surface area (Å²) in [6, 6.07) is 3.31. The number of hydrogen-bond donors (Lipinski definition) is 1. The van der Waals surface area contributed by atoms with E-state index in [2.05, 4.69) is 12.2 Å². The molecule has 1 aromatic carbocycles. The van der Waals surface area contributed by atoms with E-state index < -0.39 is 29.5 Å². The normalized spacial score (nSPS) is 13.2. The largest absolute Gasteiger partial charge is 0.492 e. The number of hydrogen-bond acceptors (Lipinski definition) is 2. The molecule has 0 aliphatic rings. The van der Waals surface area contributed by atoms with Gasteiger partial charge in [0.2, 0.25) is 0 Å². The third-order valence-corrected chi connectivity index (χ3v) is 2.64. The molecule has 0 amide bonds. The molecule has 0 saturated heterocycles. The van der Waals surface area contributed by atoms with Gasteiger partial charge < -0.3 is 10.5 Å². The van der Waals surface area contributed by atoms with E-state index in [9.17, 15) is 17.6 Å². The minimum absolute atomic E-state index is 0.0811. The van der Waals surface area contributed by atoms with Crippen molar-refractivity contribution in [3.8, 4) is 5.75 Å². The lowest BCUT2D eigenvalue weighted by Crippen LogP contribution is -2.38. The summed E-state index contributed by atoms with van der Waals surface area (Å²) in [5.74, 6) is -2.94. The molecule has 8 heteroatoms. The Bertz CT molecular complexity index is 452. The molecule has 1 atom stereocenters. The lowest BCUT2D eigenvalue weighted by molar-refractivity contribution is -0.161. The third-order valence-electron chi connectivity index (χ3n) is 2.05. The Morgan fingerprint density at radius 1 is 1.44 bits per heavy atom. The van der Waals surface area contributed by atoms with Crippen molar-refractivity contribution < 1.29 is 22.3 Å². The average molecular weight is 302 g/mol. The van der Waals surface area contributed by atoms with Gasteiger partial charge in [-0.3, -0.25) is 0 Å². The van der Waals surface area contributed by atoms with Gasteiger partial charge in [-0.15, -0.1) is 0 Å². The Morgan fingerprint density at radius 2 is 2.06 bits per heavy atom. The molecule has 0 saturated carbocycles. The van der Waals surface area contributed by atoms with Gasteiger partial charge in [0, 0.05) is 6.07 Å². The summed E-state index contributed by atoms with van der Waals surface area (Å²) in [5, 5.41) is -0.149. The molecule has 1 rings (SSSR count). The van der Waals surface area contributed by atoms with E-state index in [1.165, 1.54) is 12.1 Å². The summed E-state index contributed by atoms with van der Waals surface area (Å²) in [7, 11) is 0. The van der Waals surface area contributed by atoms with Crippen LogP contribution in [0.3, 0.4) is 0 Å². The highest BCUT2D eigenvalue weighted by Gasteiger charge is 2.42. The molecule has 100 valence electrons. The smallest absolute Gasteiger partial charge is 0.401 e. The Labute approximate surface area is 111 Å². The highest BCUT2D eigenvalue weighted by molar-refractivity contribution is 7.80. The molecule has 0 heterocycles. The molecule has 0 aromatic heterocycles. The number of ether oxygens (including phenoxy) is 1. The van der Waals surface area contributed by atoms with E-state index in [1.807, 2.05) is 0 Å². The molecule has 18 heavy (non-hydrogen) atoms. The molecule has 0 bridgehead atoms. The van der Waals surface area contributed by atoms with Crippen LogP contribution in [0.5, 0.6) is 5.75 Å². The summed E-state index contributed by atoms with van der Waals surface area (Å²) in [6.07, 6.45) is -4.60. The van der Waals surface area contributed by atoms with E-state index in [0.29, 0.717) is 0 Å². The van der Waals surface area contributed by atoms with Crippen molar-refractivity contribution in [3.63, 3.8) is 0 Å². The van der Waals surface area contributed by atoms with Crippen molar-refractivity contribution >= 4 is 28.8 Å². The van der Waals surface area contributed by atoms with Crippen molar-refractivity contribution in [2.24, 2.45) is 11.7 Å². The SMILES string of the molecule is NC(=S)C(COc1ccc(Cl)c(F)c1)C(F)(F)F. The van der Waals surface area contributed by atoms with E-state index in [0.717, 1.165) is 6.07 Å². The van der Waals surface area contributed by atoms with Crippen LogP contribution in [-0.4, -0.2) is 17.8 Å². The summed E-state index contributed by atoms with van der Waals surface area (Å²) in [6.45, 7) is -0.806. The lowest BCUT2D eigenvalue weighted by Gasteiger charge is -2.19. The molecule has 1 aromatic rings. The standard InChI is InChI=1S/C10H8ClF4NOS/c11-7-2-1-5(3-8(7)12)17-4-6(9(16)18)10(13,14)15/h1-3,6H,4H2,(H2,16,18). The molecule has 2 nitrogen and oxygen atoms in total. The van der Waals surface area contributed by atoms with Crippen molar-refractivity contribution in [3.05, 3.63) is 29.0 Å². The van der Waals surface area contributed by atoms with Crippen LogP contribution in [-0.2, 0) is 0 Å². The molecule has 1 unspecified atom stereocenters. The maximum absolute atomic E-state index is 13.0. The molecular formula is C10H8ClF4NOS. The van der Waals surface area contributed by atoms with Crippen LogP contribution in [0, 0.1) is 11.7 Å². The molecule has 0 aliphatic carbocycles. The summed E-state index contributed by atoms with van der Waals surface area (Å²) >= 11 is 9.72. The number of alkyl halides is 3. The molecule has 0 aliphatic heterocycles. The first-order valence-corrected chi connectivity index (χ1v) is 5.44. The second-order valence-electron chi connectivity index (χ2n) is 3.38. The zero-order valence-corrected chi connectivity index (χ0v) is 10.4. The number of thiocarbonyl (C=S) groups is 1. The first kappa shape index (κ1) is 15.0. The first-order chi connectivity index (χ1) is 8.21. The summed E-state index contributed by atoms with van der Waals surface area (Å²) in [5.41, 5.74) is 4.98. The molecule has 0 radical (unpaired) electrons. The number of nitrogens with two attached hydrogens (primary N) is 1. The van der Waals surface area contributed by atoms with E-state index in [-0.39, 0.29) is 10.8 Å². The number of benzene rings is 1. The summed E-state index contributed by atoms with van der Waals surface area (Å²) < 4.78 is 55.2. The van der Waals surface area contributed by atoms with Gasteiger partial charge in [-0.25, -0.2) is 4.39 Å². The molecule has 0 fully saturated rings. The zero-order chi connectivity index (χ0) is 13.9. The predicted octanol–water partition coefficient (Wildman–Crippen LogP) is 3.32. The molecule has 2 N–H and O–H groups in total. The predicted molar refractivity (Wildman–Crippen MR) is 63.2 cm³/mol. The van der Waals surface area contributed by atoms with Crippen molar-refractivity contribution in [1.29, 1.82) is 0 Å². The van der Waals surface area contributed by atoms with Crippen LogP contribution in [0.15, 0.2) is 18.2 Å². The lowest BCUT2D eigenvalue weighted by atomic mass is 10.1. The second kappa shape index (κ2) is 5.71. The monoisotopic (exact) mass is 301 g/mol. The van der Waals surface area contributed by atoms with Gasteiger partial charge in [-0.1, -0.05) is 23.8 Å². The zero-order valence-electron chi connectivity index (χ0n) is 8.80. The van der Waals surface area contributed by atoms with Crippen LogP contribution in [0.25, 0.3) is 0 Å². The fourth-order valence-corrected chi connectivity index (χ4v) is 1.40. The fraction of sp³-hybridized carbons (Fsp3) is 0.300. The van der Waals surface area contributed by atoms with E-state index >= 15 is 0 Å². The highest BCUT2D eigenvalue weighted by Crippen LogP contribution is 2.28. The number of halogens is 5. The van der Waals surface area contributed by atoms with Crippen LogP contribution >= 0.6 is 23.8 Å². The van der Waals surface area contributed by atoms with Gasteiger partial charge in [-0.05, 0) is 12.1 Å². The Hall–Kier alpha value is -1.08. The maximum Gasteiger partial charge on any atom is 0.401 e. The summed E-state index contributed by atoms with van der Waals surface area (Å²) in [4.78, 5) is -0.725. The van der Waals surface area contributed by atoms with Crippen LogP contribution in [0.2, 0.25) is 5.02 Å². The minimum atomic E-state index is -4.60. The Balaban J connectivity index is 2.73. The van der Waals surface area contributed by atoms with Crippen LogP contribution in [0.1, 0.15) is 0 Å². The topological polar surface area (TPSA) is 35.2 Å². The fourth-order valence-electron chi connectivity index (χ4n) is 1.08. The van der Waals surface area contributed by atoms with E-state index in [1.54, 1.807) is 0 Å². The van der Waals surface area contributed by atoms with Crippen molar-refractivity contribution in [1.82, 2.24) is 0 Å². The van der Waals surface area contributed by atoms with Crippen molar-refractivity contribution in [2.45, 2.75) is 6.18 Å². The highest BCUT2D eigenvalue weighted by atomic mass is 35.5. The third kappa shape index (κ3) is 3.99. The second-order valence-corrected chi connectivity index (χ2v) is 4.26. The Morgan fingerprint density at radius 3 is 2.50 bits per heavy atom. The first-order valence-electron chi connectivity index (χ1n) is 4.65. The van der Waals surface area contributed by atoms with Crippen molar-refractivity contribution in [2.75, 3.05) is 6.61 Å². The van der Waals surface area contributed by atoms with Gasteiger partial charge >= 0.3 is 6.18 Å². The molecule has 0 spiro atoms. The van der Waals surface area contributed by atoms with Gasteiger partial charge in [0.15, 0.2) is 0 Å². The number of rotatable bonds is 4. The Kier molecular flexibility index (Phi) is 4.75.